The molecule has 6 heteroatoms. The van der Waals surface area contributed by atoms with Crippen LogP contribution < -0.4 is 0 Å². The molecule has 0 saturated heterocycles. The minimum Gasteiger partial charge on any atom is -0.308 e. The third-order valence-corrected chi connectivity index (χ3v) is 4.27. The highest BCUT2D eigenvalue weighted by Gasteiger charge is 2.23. The predicted molar refractivity (Wildman–Crippen MR) is 64.8 cm³/mol. The first kappa shape index (κ1) is 13.0. The van der Waals surface area contributed by atoms with Gasteiger partial charge in [-0.2, -0.15) is 0 Å². The summed E-state index contributed by atoms with van der Waals surface area (Å²) in [6.07, 6.45) is 2.04. The molecular weight excluding hydrogens is 233 g/mol. The van der Waals surface area contributed by atoms with E-state index in [1.54, 1.807) is 25.6 Å². The van der Waals surface area contributed by atoms with Gasteiger partial charge in [-0.25, -0.2) is 0 Å². The first-order chi connectivity index (χ1) is 7.20. The Morgan fingerprint density at radius 2 is 2.13 bits per heavy atom. The molecular formula is C9H16NO3PS. The van der Waals surface area contributed by atoms with Crippen molar-refractivity contribution in [1.82, 2.24) is 0 Å². The standard InChI is InChI=1S/C9H16NO3PS/c1-3-12-14(11,13-4-2)8-10-9-5-6-15-7-9/h5-6H,3-4,7-8H2,1-2H3/b10-9-. The van der Waals surface area contributed by atoms with E-state index in [4.69, 9.17) is 9.05 Å². The van der Waals surface area contributed by atoms with E-state index in [9.17, 15) is 4.57 Å². The van der Waals surface area contributed by atoms with Crippen molar-refractivity contribution in [2.45, 2.75) is 13.8 Å². The Balaban J connectivity index is 2.54. The molecule has 1 heterocycles. The average molecular weight is 249 g/mol. The quantitative estimate of drug-likeness (QED) is 0.679. The maximum absolute atomic E-state index is 12.0. The zero-order valence-corrected chi connectivity index (χ0v) is 10.7. The fourth-order valence-corrected chi connectivity index (χ4v) is 3.18. The van der Waals surface area contributed by atoms with Gasteiger partial charge in [0.15, 0.2) is 0 Å². The second-order valence-electron chi connectivity index (χ2n) is 2.85. The molecule has 1 aliphatic heterocycles. The molecule has 0 N–H and O–H groups in total. The van der Waals surface area contributed by atoms with Gasteiger partial charge in [0, 0.05) is 11.5 Å². The summed E-state index contributed by atoms with van der Waals surface area (Å²) in [5.41, 5.74) is 0.944. The molecule has 15 heavy (non-hydrogen) atoms. The van der Waals surface area contributed by atoms with Gasteiger partial charge < -0.3 is 9.05 Å². The Hall–Kier alpha value is -0.0900. The lowest BCUT2D eigenvalue weighted by atomic mass is 10.4. The number of rotatable bonds is 6. The van der Waals surface area contributed by atoms with Crippen molar-refractivity contribution < 1.29 is 13.6 Å². The lowest BCUT2D eigenvalue weighted by Crippen LogP contribution is -2.01. The molecule has 4 nitrogen and oxygen atoms in total. The predicted octanol–water partition coefficient (Wildman–Crippen LogP) is 2.91. The van der Waals surface area contributed by atoms with Gasteiger partial charge in [-0.15, -0.1) is 11.8 Å². The van der Waals surface area contributed by atoms with E-state index >= 15 is 0 Å². The summed E-state index contributed by atoms with van der Waals surface area (Å²) in [6, 6.07) is 0. The summed E-state index contributed by atoms with van der Waals surface area (Å²) in [5.74, 6) is 0.845. The lowest BCUT2D eigenvalue weighted by Gasteiger charge is -2.14. The van der Waals surface area contributed by atoms with Crippen molar-refractivity contribution in [1.29, 1.82) is 0 Å². The minimum atomic E-state index is -3.00. The van der Waals surface area contributed by atoms with E-state index in [-0.39, 0.29) is 6.29 Å². The fourth-order valence-electron chi connectivity index (χ4n) is 1.10. The van der Waals surface area contributed by atoms with E-state index in [0.29, 0.717) is 13.2 Å². The van der Waals surface area contributed by atoms with Crippen LogP contribution in [-0.4, -0.2) is 31.0 Å². The van der Waals surface area contributed by atoms with Crippen LogP contribution in [0, 0.1) is 0 Å². The number of hydrogen-bond acceptors (Lipinski definition) is 5. The molecule has 0 radical (unpaired) electrons. The van der Waals surface area contributed by atoms with E-state index in [1.165, 1.54) is 0 Å². The minimum absolute atomic E-state index is 0.120. The van der Waals surface area contributed by atoms with Crippen molar-refractivity contribution in [3.63, 3.8) is 0 Å². The van der Waals surface area contributed by atoms with Crippen LogP contribution >= 0.6 is 19.4 Å². The van der Waals surface area contributed by atoms with Gasteiger partial charge in [0.1, 0.15) is 6.29 Å². The van der Waals surface area contributed by atoms with E-state index in [2.05, 4.69) is 4.99 Å². The van der Waals surface area contributed by atoms with Crippen molar-refractivity contribution in [3.8, 4) is 0 Å². The molecule has 0 spiro atoms. The second-order valence-corrected chi connectivity index (χ2v) is 5.77. The van der Waals surface area contributed by atoms with Crippen molar-refractivity contribution >= 4 is 25.1 Å². The third-order valence-electron chi connectivity index (χ3n) is 1.69. The molecule has 0 amide bonds. The Labute approximate surface area is 94.7 Å². The molecule has 0 bridgehead atoms. The number of allylic oxidation sites excluding steroid dienone is 1. The summed E-state index contributed by atoms with van der Waals surface area (Å²) in [5, 5.41) is 1.98. The molecule has 0 fully saturated rings. The smallest absolute Gasteiger partial charge is 0.308 e. The summed E-state index contributed by atoms with van der Waals surface area (Å²) < 4.78 is 22.2. The van der Waals surface area contributed by atoms with Crippen LogP contribution in [-0.2, 0) is 13.6 Å². The van der Waals surface area contributed by atoms with E-state index in [1.807, 2.05) is 11.5 Å². The van der Waals surface area contributed by atoms with Crippen LogP contribution in [0.1, 0.15) is 13.8 Å². The SMILES string of the molecule is CCOP(=O)(C/N=C1/C=CSC1)OCC. The summed E-state index contributed by atoms with van der Waals surface area (Å²) >= 11 is 1.68. The van der Waals surface area contributed by atoms with Gasteiger partial charge in [0.2, 0.25) is 0 Å². The molecule has 0 aliphatic carbocycles. The van der Waals surface area contributed by atoms with Gasteiger partial charge in [-0.1, -0.05) is 0 Å². The normalized spacial score (nSPS) is 18.9. The zero-order valence-electron chi connectivity index (χ0n) is 9.01. The van der Waals surface area contributed by atoms with Crippen LogP contribution in [0.15, 0.2) is 16.5 Å². The molecule has 86 valence electrons. The van der Waals surface area contributed by atoms with Crippen LogP contribution in [0.25, 0.3) is 0 Å². The summed E-state index contributed by atoms with van der Waals surface area (Å²) in [7, 11) is -3.00. The highest BCUT2D eigenvalue weighted by atomic mass is 32.2. The number of aliphatic imine (C=N–C) groups is 1. The molecule has 0 unspecified atom stereocenters. The first-order valence-electron chi connectivity index (χ1n) is 4.90. The topological polar surface area (TPSA) is 47.9 Å². The highest BCUT2D eigenvalue weighted by molar-refractivity contribution is 8.03. The third kappa shape index (κ3) is 4.51. The number of hydrogen-bond donors (Lipinski definition) is 0. The summed E-state index contributed by atoms with van der Waals surface area (Å²) in [4.78, 5) is 4.23. The molecule has 0 aromatic rings. The maximum Gasteiger partial charge on any atom is 0.351 e. The number of nitrogens with zero attached hydrogens (tertiary/aromatic N) is 1. The van der Waals surface area contributed by atoms with Gasteiger partial charge in [-0.3, -0.25) is 9.56 Å². The monoisotopic (exact) mass is 249 g/mol. The Morgan fingerprint density at radius 3 is 2.60 bits per heavy atom. The molecule has 1 aliphatic rings. The van der Waals surface area contributed by atoms with Crippen molar-refractivity contribution in [3.05, 3.63) is 11.5 Å². The van der Waals surface area contributed by atoms with Gasteiger partial charge in [0.25, 0.3) is 0 Å². The second kappa shape index (κ2) is 6.48. The number of thioether (sulfide) groups is 1. The van der Waals surface area contributed by atoms with Crippen LogP contribution in [0.3, 0.4) is 0 Å². The van der Waals surface area contributed by atoms with Crippen LogP contribution in [0.5, 0.6) is 0 Å². The maximum atomic E-state index is 12.0. The molecule has 0 atom stereocenters. The Morgan fingerprint density at radius 1 is 1.47 bits per heavy atom. The molecule has 0 aromatic heterocycles. The van der Waals surface area contributed by atoms with Crippen molar-refractivity contribution in [2.75, 3.05) is 25.3 Å². The van der Waals surface area contributed by atoms with E-state index < -0.39 is 7.60 Å². The lowest BCUT2D eigenvalue weighted by molar-refractivity contribution is 0.221. The molecule has 0 aromatic carbocycles. The van der Waals surface area contributed by atoms with Gasteiger partial charge >= 0.3 is 7.60 Å². The van der Waals surface area contributed by atoms with Crippen molar-refractivity contribution in [2.24, 2.45) is 4.99 Å². The van der Waals surface area contributed by atoms with Gasteiger partial charge in [-0.05, 0) is 25.3 Å². The van der Waals surface area contributed by atoms with Crippen LogP contribution in [0.4, 0.5) is 0 Å². The Kier molecular flexibility index (Phi) is 5.61. The van der Waals surface area contributed by atoms with Crippen LogP contribution in [0.2, 0.25) is 0 Å². The highest BCUT2D eigenvalue weighted by Crippen LogP contribution is 2.48. The zero-order chi connectivity index (χ0) is 11.1. The molecule has 0 saturated carbocycles. The van der Waals surface area contributed by atoms with E-state index in [0.717, 1.165) is 11.5 Å². The molecule has 1 rings (SSSR count). The summed E-state index contributed by atoms with van der Waals surface area (Å²) in [6.45, 7) is 4.35. The largest absolute Gasteiger partial charge is 0.351 e. The van der Waals surface area contributed by atoms with Gasteiger partial charge in [0.05, 0.1) is 13.2 Å². The first-order valence-corrected chi connectivity index (χ1v) is 7.67. The Bertz CT molecular complexity index is 294. The average Bonchev–Trinajstić information content (AvgIpc) is 2.68. The fraction of sp³-hybridized carbons (Fsp3) is 0.667.